The number of thiazole rings is 1. The highest BCUT2D eigenvalue weighted by Crippen LogP contribution is 2.32. The second-order valence-electron chi connectivity index (χ2n) is 8.98. The fraction of sp³-hybridized carbons (Fsp3) is 0.440. The number of carbonyl (C=O) groups excluding carboxylic acids is 1. The van der Waals surface area contributed by atoms with E-state index in [1.165, 1.54) is 43.1 Å². The highest BCUT2D eigenvalue weighted by Gasteiger charge is 2.24. The molecule has 1 amide bonds. The van der Waals surface area contributed by atoms with E-state index in [1.54, 1.807) is 17.0 Å². The number of aryl methyl sites for hydroxylation is 2. The van der Waals surface area contributed by atoms with Crippen molar-refractivity contribution in [2.75, 3.05) is 58.4 Å². The van der Waals surface area contributed by atoms with Crippen molar-refractivity contribution in [3.63, 3.8) is 0 Å². The first-order valence-electron chi connectivity index (χ1n) is 11.7. The third-order valence-corrected chi connectivity index (χ3v) is 9.18. The molecule has 8 nitrogen and oxygen atoms in total. The topological polar surface area (TPSA) is 83.0 Å². The van der Waals surface area contributed by atoms with Gasteiger partial charge in [-0.25, -0.2) is 17.7 Å². The largest absolute Gasteiger partial charge is 0.379 e. The number of fused-ring (bicyclic) bond motifs is 1. The van der Waals surface area contributed by atoms with Crippen molar-refractivity contribution in [1.82, 2.24) is 14.2 Å². The minimum absolute atomic E-state index is 0.156. The van der Waals surface area contributed by atoms with Crippen LogP contribution in [0.25, 0.3) is 10.2 Å². The van der Waals surface area contributed by atoms with Gasteiger partial charge in [-0.1, -0.05) is 11.3 Å². The molecule has 1 saturated heterocycles. The summed E-state index contributed by atoms with van der Waals surface area (Å²) in [5, 5.41) is 0.655. The van der Waals surface area contributed by atoms with E-state index in [2.05, 4.69) is 30.9 Å². The number of benzene rings is 2. The monoisotopic (exact) mass is 516 g/mol. The van der Waals surface area contributed by atoms with E-state index in [0.29, 0.717) is 17.2 Å². The zero-order valence-corrected chi connectivity index (χ0v) is 22.3. The van der Waals surface area contributed by atoms with Gasteiger partial charge in [0.2, 0.25) is 10.0 Å². The molecule has 0 atom stereocenters. The van der Waals surface area contributed by atoms with Gasteiger partial charge >= 0.3 is 0 Å². The van der Waals surface area contributed by atoms with Crippen LogP contribution in [0.15, 0.2) is 41.3 Å². The van der Waals surface area contributed by atoms with Crippen molar-refractivity contribution in [2.45, 2.75) is 25.2 Å². The molecule has 10 heteroatoms. The van der Waals surface area contributed by atoms with Crippen molar-refractivity contribution < 1.29 is 17.9 Å². The Kier molecular flexibility index (Phi) is 7.87. The molecule has 2 heterocycles. The highest BCUT2D eigenvalue weighted by atomic mass is 32.2. The molecule has 1 aliphatic rings. The molecule has 0 N–H and O–H groups in total. The lowest BCUT2D eigenvalue weighted by Crippen LogP contribution is -2.39. The molecule has 0 radical (unpaired) electrons. The molecule has 1 aromatic heterocycles. The lowest BCUT2D eigenvalue weighted by atomic mass is 10.1. The summed E-state index contributed by atoms with van der Waals surface area (Å²) in [5.41, 5.74) is 3.67. The number of sulfonamides is 1. The molecule has 1 aliphatic heterocycles. The molecule has 2 aromatic carbocycles. The predicted molar refractivity (Wildman–Crippen MR) is 140 cm³/mol. The minimum atomic E-state index is -3.56. The minimum Gasteiger partial charge on any atom is -0.379 e. The van der Waals surface area contributed by atoms with Crippen molar-refractivity contribution >= 4 is 42.6 Å². The van der Waals surface area contributed by atoms with Crippen LogP contribution in [0, 0.1) is 13.8 Å². The molecule has 0 aliphatic carbocycles. The molecule has 4 rings (SSSR count). The second kappa shape index (κ2) is 10.7. The van der Waals surface area contributed by atoms with E-state index in [4.69, 9.17) is 9.72 Å². The molecule has 0 spiro atoms. The van der Waals surface area contributed by atoms with Gasteiger partial charge in [-0.3, -0.25) is 14.6 Å². The summed E-state index contributed by atoms with van der Waals surface area (Å²) in [6.45, 7) is 8.79. The summed E-state index contributed by atoms with van der Waals surface area (Å²) >= 11 is 1.51. The smallest absolute Gasteiger partial charge is 0.260 e. The summed E-state index contributed by atoms with van der Waals surface area (Å²) in [4.78, 5) is 22.7. The van der Waals surface area contributed by atoms with Gasteiger partial charge in [-0.15, -0.1) is 0 Å². The standard InChI is InChI=1S/C25H32N4O4S2/c1-18-16-22-23(17-19(18)2)34-25(26-22)29(11-5-10-28-12-14-33-15-13-28)24(30)20-6-8-21(9-7-20)35(31,32)27(3)4/h6-9,16-17H,5,10-15H2,1-4H3. The van der Waals surface area contributed by atoms with E-state index in [1.807, 2.05) is 0 Å². The Morgan fingerprint density at radius 1 is 1.09 bits per heavy atom. The van der Waals surface area contributed by atoms with Crippen LogP contribution in [0.3, 0.4) is 0 Å². The zero-order chi connectivity index (χ0) is 25.2. The van der Waals surface area contributed by atoms with Gasteiger partial charge in [0, 0.05) is 45.8 Å². The maximum atomic E-state index is 13.6. The third-order valence-electron chi connectivity index (χ3n) is 6.31. The molecular weight excluding hydrogens is 484 g/mol. The van der Waals surface area contributed by atoms with E-state index in [9.17, 15) is 13.2 Å². The Morgan fingerprint density at radius 3 is 2.40 bits per heavy atom. The number of carbonyl (C=O) groups is 1. The molecular formula is C25H32N4O4S2. The van der Waals surface area contributed by atoms with Crippen molar-refractivity contribution in [2.24, 2.45) is 0 Å². The van der Waals surface area contributed by atoms with E-state index in [-0.39, 0.29) is 10.8 Å². The number of aromatic nitrogens is 1. The Bertz CT molecular complexity index is 1260. The number of morpholine rings is 1. The number of nitrogens with zero attached hydrogens (tertiary/aromatic N) is 4. The summed E-state index contributed by atoms with van der Waals surface area (Å²) < 4.78 is 32.5. The molecule has 0 bridgehead atoms. The molecule has 188 valence electrons. The van der Waals surface area contributed by atoms with Crippen LogP contribution in [-0.2, 0) is 14.8 Å². The quantitative estimate of drug-likeness (QED) is 0.456. The molecule has 3 aromatic rings. The zero-order valence-electron chi connectivity index (χ0n) is 20.7. The summed E-state index contributed by atoms with van der Waals surface area (Å²) in [7, 11) is -0.587. The van der Waals surface area contributed by atoms with E-state index < -0.39 is 10.0 Å². The first kappa shape index (κ1) is 25.7. The maximum Gasteiger partial charge on any atom is 0.260 e. The third kappa shape index (κ3) is 5.73. The van der Waals surface area contributed by atoms with Crippen LogP contribution in [0.4, 0.5) is 5.13 Å². The second-order valence-corrected chi connectivity index (χ2v) is 12.1. The van der Waals surface area contributed by atoms with Crippen LogP contribution in [0.5, 0.6) is 0 Å². The van der Waals surface area contributed by atoms with Gasteiger partial charge in [0.05, 0.1) is 28.3 Å². The van der Waals surface area contributed by atoms with Gasteiger partial charge in [-0.2, -0.15) is 0 Å². The molecule has 0 saturated carbocycles. The predicted octanol–water partition coefficient (Wildman–Crippen LogP) is 3.53. The lowest BCUT2D eigenvalue weighted by Gasteiger charge is -2.27. The fourth-order valence-electron chi connectivity index (χ4n) is 3.98. The van der Waals surface area contributed by atoms with Gasteiger partial charge in [-0.05, 0) is 67.8 Å². The van der Waals surface area contributed by atoms with Crippen LogP contribution >= 0.6 is 11.3 Å². The van der Waals surface area contributed by atoms with Crippen molar-refractivity contribution in [3.05, 3.63) is 53.1 Å². The molecule has 1 fully saturated rings. The average molecular weight is 517 g/mol. The van der Waals surface area contributed by atoms with Gasteiger partial charge < -0.3 is 4.74 Å². The molecule has 0 unspecified atom stereocenters. The summed E-state index contributed by atoms with van der Waals surface area (Å²) in [6, 6.07) is 10.3. The highest BCUT2D eigenvalue weighted by molar-refractivity contribution is 7.89. The van der Waals surface area contributed by atoms with Crippen LogP contribution in [-0.4, -0.2) is 82.0 Å². The number of hydrogen-bond acceptors (Lipinski definition) is 7. The average Bonchev–Trinajstić information content (AvgIpc) is 3.24. The maximum absolute atomic E-state index is 13.6. The number of anilines is 1. The van der Waals surface area contributed by atoms with Crippen molar-refractivity contribution in [1.29, 1.82) is 0 Å². The Hall–Kier alpha value is -2.37. The normalized spacial score (nSPS) is 15.1. The summed E-state index contributed by atoms with van der Waals surface area (Å²) in [5.74, 6) is -0.187. The number of amides is 1. The van der Waals surface area contributed by atoms with Gasteiger partial charge in [0.15, 0.2) is 5.13 Å². The number of ether oxygens (including phenoxy) is 1. The van der Waals surface area contributed by atoms with Crippen molar-refractivity contribution in [3.8, 4) is 0 Å². The first-order valence-corrected chi connectivity index (χ1v) is 13.9. The first-order chi connectivity index (χ1) is 16.7. The van der Waals surface area contributed by atoms with Gasteiger partial charge in [0.25, 0.3) is 5.91 Å². The fourth-order valence-corrected chi connectivity index (χ4v) is 5.95. The van der Waals surface area contributed by atoms with Crippen LogP contribution in [0.1, 0.15) is 27.9 Å². The van der Waals surface area contributed by atoms with Crippen LogP contribution in [0.2, 0.25) is 0 Å². The van der Waals surface area contributed by atoms with Crippen LogP contribution < -0.4 is 4.90 Å². The van der Waals surface area contributed by atoms with E-state index in [0.717, 1.165) is 59.4 Å². The Labute approximate surface area is 211 Å². The Balaban J connectivity index is 1.61. The lowest BCUT2D eigenvalue weighted by molar-refractivity contribution is 0.0376. The SMILES string of the molecule is Cc1cc2nc(N(CCCN3CCOCC3)C(=O)c3ccc(S(=O)(=O)N(C)C)cc3)sc2cc1C. The van der Waals surface area contributed by atoms with Gasteiger partial charge in [0.1, 0.15) is 0 Å². The van der Waals surface area contributed by atoms with E-state index >= 15 is 0 Å². The summed E-state index contributed by atoms with van der Waals surface area (Å²) in [6.07, 6.45) is 0.798. The Morgan fingerprint density at radius 2 is 1.74 bits per heavy atom. The molecule has 35 heavy (non-hydrogen) atoms. The number of hydrogen-bond donors (Lipinski definition) is 0. The number of rotatable bonds is 8.